The van der Waals surface area contributed by atoms with Crippen LogP contribution in [0.1, 0.15) is 30.1 Å². The summed E-state index contributed by atoms with van der Waals surface area (Å²) in [5.41, 5.74) is 0.542. The molecule has 0 amide bonds. The Hall–Kier alpha value is -1.40. The Balaban J connectivity index is 2.74. The van der Waals surface area contributed by atoms with E-state index in [1.165, 1.54) is 0 Å². The molecule has 5 nitrogen and oxygen atoms in total. The number of unbranched alkanes of at least 4 members (excludes halogenated alkanes) is 1. The van der Waals surface area contributed by atoms with Crippen LogP contribution in [0.2, 0.25) is 0 Å². The van der Waals surface area contributed by atoms with E-state index in [1.807, 2.05) is 6.92 Å². The lowest BCUT2D eigenvalue weighted by Crippen LogP contribution is -2.11. The maximum absolute atomic E-state index is 11.7. The normalized spacial score (nSPS) is 11.9. The monoisotopic (exact) mass is 257 g/mol. The van der Waals surface area contributed by atoms with Crippen LogP contribution in [-0.2, 0) is 16.0 Å². The van der Waals surface area contributed by atoms with Crippen molar-refractivity contribution in [2.45, 2.75) is 19.8 Å². The third kappa shape index (κ3) is 4.54. The predicted molar refractivity (Wildman–Crippen MR) is 66.0 cm³/mol. The predicted octanol–water partition coefficient (Wildman–Crippen LogP) is 2.19. The van der Waals surface area contributed by atoms with Crippen LogP contribution in [0.5, 0.6) is 0 Å². The van der Waals surface area contributed by atoms with Gasteiger partial charge < -0.3 is 4.74 Å². The van der Waals surface area contributed by atoms with Gasteiger partial charge in [-0.3, -0.25) is 9.27 Å². The van der Waals surface area contributed by atoms with Crippen LogP contribution in [0.15, 0.2) is 24.3 Å². The van der Waals surface area contributed by atoms with Gasteiger partial charge >= 0.3 is 5.97 Å². The summed E-state index contributed by atoms with van der Waals surface area (Å²) in [4.78, 5) is 11.7. The number of carbonyl (C=O) groups excluding carboxylic acids is 1. The highest BCUT2D eigenvalue weighted by atomic mass is 32.2. The molecule has 0 radical (unpaired) electrons. The van der Waals surface area contributed by atoms with Gasteiger partial charge in [-0.2, -0.15) is 0 Å². The molecule has 1 atom stereocenters. The Bertz CT molecular complexity index is 408. The Morgan fingerprint density at radius 3 is 2.82 bits per heavy atom. The summed E-state index contributed by atoms with van der Waals surface area (Å²) < 4.78 is 26.7. The molecule has 0 saturated heterocycles. The highest BCUT2D eigenvalue weighted by molar-refractivity contribution is 7.80. The first-order chi connectivity index (χ1) is 8.15. The number of hydrogen-bond donors (Lipinski definition) is 2. The van der Waals surface area contributed by atoms with Gasteiger partial charge in [0.2, 0.25) is 0 Å². The van der Waals surface area contributed by atoms with Crippen molar-refractivity contribution in [2.75, 3.05) is 11.3 Å². The van der Waals surface area contributed by atoms with Crippen molar-refractivity contribution in [3.8, 4) is 0 Å². The van der Waals surface area contributed by atoms with E-state index < -0.39 is 17.2 Å². The molecule has 0 spiro atoms. The second-order valence-corrected chi connectivity index (χ2v) is 4.09. The number of esters is 1. The average Bonchev–Trinajstić information content (AvgIpc) is 2.29. The average molecular weight is 257 g/mol. The molecule has 0 fully saturated rings. The van der Waals surface area contributed by atoms with E-state index in [0.717, 1.165) is 12.8 Å². The van der Waals surface area contributed by atoms with Crippen molar-refractivity contribution < 1.29 is 18.3 Å². The van der Waals surface area contributed by atoms with Crippen LogP contribution in [0.4, 0.5) is 5.69 Å². The van der Waals surface area contributed by atoms with Gasteiger partial charge in [-0.1, -0.05) is 25.5 Å². The lowest BCUT2D eigenvalue weighted by molar-refractivity contribution is 0.0501. The third-order valence-corrected chi connectivity index (χ3v) is 2.47. The van der Waals surface area contributed by atoms with Gasteiger partial charge in [-0.05, 0) is 18.6 Å². The van der Waals surface area contributed by atoms with Gasteiger partial charge in [0, 0.05) is 0 Å². The number of para-hydroxylation sites is 1. The molecule has 1 rings (SSSR count). The second-order valence-electron chi connectivity index (χ2n) is 3.39. The number of hydrogen-bond acceptors (Lipinski definition) is 3. The molecule has 0 saturated carbocycles. The van der Waals surface area contributed by atoms with Gasteiger partial charge in [0.25, 0.3) is 11.3 Å². The number of rotatable bonds is 6. The SMILES string of the molecule is CCCCOC(=O)c1ccccc1NS(=O)O. The highest BCUT2D eigenvalue weighted by Gasteiger charge is 2.12. The molecule has 1 aromatic carbocycles. The first-order valence-corrected chi connectivity index (χ1v) is 6.39. The number of nitrogens with one attached hydrogen (secondary N) is 1. The van der Waals surface area contributed by atoms with Gasteiger partial charge in [0.15, 0.2) is 0 Å². The van der Waals surface area contributed by atoms with Gasteiger partial charge in [0.1, 0.15) is 0 Å². The zero-order valence-corrected chi connectivity index (χ0v) is 10.3. The van der Waals surface area contributed by atoms with Crippen molar-refractivity contribution in [3.05, 3.63) is 29.8 Å². The molecular weight excluding hydrogens is 242 g/mol. The molecule has 1 aromatic rings. The zero-order chi connectivity index (χ0) is 12.7. The fourth-order valence-electron chi connectivity index (χ4n) is 1.23. The van der Waals surface area contributed by atoms with E-state index in [4.69, 9.17) is 9.29 Å². The lowest BCUT2D eigenvalue weighted by atomic mass is 10.2. The zero-order valence-electron chi connectivity index (χ0n) is 9.51. The van der Waals surface area contributed by atoms with E-state index in [-0.39, 0.29) is 11.3 Å². The van der Waals surface area contributed by atoms with Gasteiger partial charge in [-0.15, -0.1) is 0 Å². The first-order valence-electron chi connectivity index (χ1n) is 5.28. The van der Waals surface area contributed by atoms with Crippen molar-refractivity contribution in [1.82, 2.24) is 0 Å². The van der Waals surface area contributed by atoms with E-state index >= 15 is 0 Å². The van der Waals surface area contributed by atoms with E-state index in [0.29, 0.717) is 6.61 Å². The Morgan fingerprint density at radius 2 is 2.18 bits per heavy atom. The largest absolute Gasteiger partial charge is 0.462 e. The highest BCUT2D eigenvalue weighted by Crippen LogP contribution is 2.16. The molecule has 0 aliphatic carbocycles. The minimum atomic E-state index is -2.21. The van der Waals surface area contributed by atoms with Gasteiger partial charge in [-0.25, -0.2) is 9.00 Å². The summed E-state index contributed by atoms with van der Waals surface area (Å²) >= 11 is -2.21. The van der Waals surface area contributed by atoms with Crippen LogP contribution in [-0.4, -0.2) is 21.3 Å². The topological polar surface area (TPSA) is 75.6 Å². The van der Waals surface area contributed by atoms with Crippen molar-refractivity contribution in [3.63, 3.8) is 0 Å². The number of anilines is 1. The Morgan fingerprint density at radius 1 is 1.47 bits per heavy atom. The molecular formula is C11H15NO4S. The summed E-state index contributed by atoms with van der Waals surface area (Å²) in [5, 5.41) is 0. The van der Waals surface area contributed by atoms with Crippen LogP contribution in [0, 0.1) is 0 Å². The molecule has 0 aliphatic rings. The van der Waals surface area contributed by atoms with E-state index in [2.05, 4.69) is 4.72 Å². The van der Waals surface area contributed by atoms with Crippen LogP contribution in [0.25, 0.3) is 0 Å². The molecule has 0 bridgehead atoms. The van der Waals surface area contributed by atoms with Crippen LogP contribution in [0.3, 0.4) is 0 Å². The molecule has 0 heterocycles. The molecule has 0 aromatic heterocycles. The quantitative estimate of drug-likeness (QED) is 0.465. The molecule has 94 valence electrons. The molecule has 2 N–H and O–H groups in total. The number of carbonyl (C=O) groups is 1. The van der Waals surface area contributed by atoms with E-state index in [1.54, 1.807) is 24.3 Å². The van der Waals surface area contributed by atoms with Crippen LogP contribution >= 0.6 is 0 Å². The number of benzene rings is 1. The van der Waals surface area contributed by atoms with E-state index in [9.17, 15) is 9.00 Å². The van der Waals surface area contributed by atoms with Gasteiger partial charge in [0.05, 0.1) is 17.9 Å². The molecule has 1 unspecified atom stereocenters. The third-order valence-electron chi connectivity index (χ3n) is 2.08. The molecule has 17 heavy (non-hydrogen) atoms. The smallest absolute Gasteiger partial charge is 0.340 e. The second kappa shape index (κ2) is 7.03. The Kier molecular flexibility index (Phi) is 5.65. The summed E-state index contributed by atoms with van der Waals surface area (Å²) in [5.74, 6) is -0.494. The first kappa shape index (κ1) is 13.7. The van der Waals surface area contributed by atoms with Crippen molar-refractivity contribution in [2.24, 2.45) is 0 Å². The molecule has 6 heteroatoms. The van der Waals surface area contributed by atoms with Crippen LogP contribution < -0.4 is 4.72 Å². The molecule has 0 aliphatic heterocycles. The maximum Gasteiger partial charge on any atom is 0.340 e. The standard InChI is InChI=1S/C11H15NO4S/c1-2-3-8-16-11(13)9-6-4-5-7-10(9)12-17(14)15/h4-7,12H,2-3,8H2,1H3,(H,14,15). The fourth-order valence-corrected chi connectivity index (χ4v) is 1.60. The van der Waals surface area contributed by atoms with Crippen molar-refractivity contribution in [1.29, 1.82) is 0 Å². The fraction of sp³-hybridized carbons (Fsp3) is 0.364. The summed E-state index contributed by atoms with van der Waals surface area (Å²) in [6.45, 7) is 2.35. The summed E-state index contributed by atoms with van der Waals surface area (Å²) in [6, 6.07) is 6.42. The summed E-state index contributed by atoms with van der Waals surface area (Å²) in [7, 11) is 0. The number of ether oxygens (including phenoxy) is 1. The lowest BCUT2D eigenvalue weighted by Gasteiger charge is -2.08. The minimum absolute atomic E-state index is 0.256. The summed E-state index contributed by atoms with van der Waals surface area (Å²) in [6.07, 6.45) is 1.74. The Labute approximate surface area is 103 Å². The maximum atomic E-state index is 11.7. The van der Waals surface area contributed by atoms with Crippen molar-refractivity contribution >= 4 is 22.9 Å². The minimum Gasteiger partial charge on any atom is -0.462 e.